The monoisotopic (exact) mass is 316 g/mol. The minimum absolute atomic E-state index is 0.610. The summed E-state index contributed by atoms with van der Waals surface area (Å²) in [7, 11) is 2.23. The third-order valence-corrected chi connectivity index (χ3v) is 5.29. The number of halogens is 1. The summed E-state index contributed by atoms with van der Waals surface area (Å²) in [5.74, 6) is 0.803. The van der Waals surface area contributed by atoms with E-state index in [0.29, 0.717) is 6.04 Å². The van der Waals surface area contributed by atoms with Crippen LogP contribution in [-0.4, -0.2) is 31.1 Å². The van der Waals surface area contributed by atoms with Crippen molar-refractivity contribution >= 4 is 27.3 Å². The molecule has 4 heteroatoms. The Morgan fingerprint density at radius 1 is 1.65 bits per heavy atom. The topological polar surface area (TPSA) is 15.3 Å². The standard InChI is InChI=1S/C13H21BrN2S/c1-10(11-4-3-5-16(2)8-11)15-7-13-6-12(14)9-17-13/h6,9-11,15H,3-5,7-8H2,1-2H3. The summed E-state index contributed by atoms with van der Waals surface area (Å²) in [6.45, 7) is 5.83. The Morgan fingerprint density at radius 3 is 3.12 bits per heavy atom. The molecule has 2 rings (SSSR count). The molecule has 0 spiro atoms. The molecule has 0 radical (unpaired) electrons. The van der Waals surface area contributed by atoms with Crippen molar-refractivity contribution in [2.75, 3.05) is 20.1 Å². The van der Waals surface area contributed by atoms with E-state index in [2.05, 4.69) is 51.6 Å². The lowest BCUT2D eigenvalue weighted by Gasteiger charge is -2.33. The molecule has 1 aliphatic rings. The number of nitrogens with one attached hydrogen (secondary N) is 1. The molecule has 96 valence electrons. The van der Waals surface area contributed by atoms with Crippen molar-refractivity contribution in [2.24, 2.45) is 5.92 Å². The minimum Gasteiger partial charge on any atom is -0.309 e. The van der Waals surface area contributed by atoms with Crippen molar-refractivity contribution in [1.29, 1.82) is 0 Å². The fraction of sp³-hybridized carbons (Fsp3) is 0.692. The molecular formula is C13H21BrN2S. The zero-order valence-corrected chi connectivity index (χ0v) is 13.0. The van der Waals surface area contributed by atoms with Crippen LogP contribution in [0.3, 0.4) is 0 Å². The fourth-order valence-corrected chi connectivity index (χ4v) is 3.89. The number of rotatable bonds is 4. The van der Waals surface area contributed by atoms with Crippen LogP contribution >= 0.6 is 27.3 Å². The van der Waals surface area contributed by atoms with E-state index in [4.69, 9.17) is 0 Å². The maximum atomic E-state index is 3.67. The van der Waals surface area contributed by atoms with Gasteiger partial charge in [0, 0.05) is 33.9 Å². The molecule has 0 aromatic carbocycles. The predicted octanol–water partition coefficient (Wildman–Crippen LogP) is 3.33. The third kappa shape index (κ3) is 4.05. The quantitative estimate of drug-likeness (QED) is 0.916. The van der Waals surface area contributed by atoms with Crippen LogP contribution in [0.25, 0.3) is 0 Å². The van der Waals surface area contributed by atoms with Gasteiger partial charge in [-0.15, -0.1) is 11.3 Å². The normalized spacial score (nSPS) is 23.8. The van der Waals surface area contributed by atoms with Crippen molar-refractivity contribution in [2.45, 2.75) is 32.4 Å². The van der Waals surface area contributed by atoms with E-state index in [0.717, 1.165) is 12.5 Å². The molecule has 1 aliphatic heterocycles. The molecule has 1 N–H and O–H groups in total. The molecule has 1 aromatic rings. The largest absolute Gasteiger partial charge is 0.309 e. The number of thiophene rings is 1. The van der Waals surface area contributed by atoms with Gasteiger partial charge in [0.25, 0.3) is 0 Å². The molecule has 2 nitrogen and oxygen atoms in total. The minimum atomic E-state index is 0.610. The lowest BCUT2D eigenvalue weighted by Crippen LogP contribution is -2.42. The highest BCUT2D eigenvalue weighted by molar-refractivity contribution is 9.10. The van der Waals surface area contributed by atoms with Gasteiger partial charge in [-0.05, 0) is 61.3 Å². The molecule has 2 atom stereocenters. The van der Waals surface area contributed by atoms with Gasteiger partial charge in [0.15, 0.2) is 0 Å². The summed E-state index contributed by atoms with van der Waals surface area (Å²) in [6, 6.07) is 2.82. The van der Waals surface area contributed by atoms with E-state index in [9.17, 15) is 0 Å². The summed E-state index contributed by atoms with van der Waals surface area (Å²) in [5, 5.41) is 5.81. The molecule has 2 unspecified atom stereocenters. The molecule has 1 aromatic heterocycles. The first kappa shape index (κ1) is 13.5. The van der Waals surface area contributed by atoms with E-state index in [-0.39, 0.29) is 0 Å². The van der Waals surface area contributed by atoms with Crippen LogP contribution in [0.15, 0.2) is 15.9 Å². The van der Waals surface area contributed by atoms with E-state index in [1.54, 1.807) is 0 Å². The number of piperidine rings is 1. The summed E-state index contributed by atoms with van der Waals surface area (Å²) < 4.78 is 1.20. The SMILES string of the molecule is CC(NCc1cc(Br)cs1)C1CCCN(C)C1. The number of hydrogen-bond acceptors (Lipinski definition) is 3. The van der Waals surface area contributed by atoms with Crippen LogP contribution in [0.1, 0.15) is 24.6 Å². The summed E-state index contributed by atoms with van der Waals surface area (Å²) in [4.78, 5) is 3.86. The van der Waals surface area contributed by atoms with E-state index in [1.807, 2.05) is 11.3 Å². The first-order chi connectivity index (χ1) is 8.15. The fourth-order valence-electron chi connectivity index (χ4n) is 2.49. The summed E-state index contributed by atoms with van der Waals surface area (Å²) >= 11 is 5.32. The average molecular weight is 317 g/mol. The van der Waals surface area contributed by atoms with Crippen LogP contribution in [0.4, 0.5) is 0 Å². The van der Waals surface area contributed by atoms with Crippen molar-refractivity contribution < 1.29 is 0 Å². The Kier molecular flexibility index (Phi) is 5.03. The van der Waals surface area contributed by atoms with Crippen molar-refractivity contribution in [3.8, 4) is 0 Å². The van der Waals surface area contributed by atoms with Gasteiger partial charge >= 0.3 is 0 Å². The maximum absolute atomic E-state index is 3.67. The van der Waals surface area contributed by atoms with Gasteiger partial charge in [-0.1, -0.05) is 0 Å². The lowest BCUT2D eigenvalue weighted by molar-refractivity contribution is 0.178. The number of nitrogens with zero attached hydrogens (tertiary/aromatic N) is 1. The predicted molar refractivity (Wildman–Crippen MR) is 78.5 cm³/mol. The van der Waals surface area contributed by atoms with Crippen LogP contribution in [0, 0.1) is 5.92 Å². The van der Waals surface area contributed by atoms with Crippen LogP contribution in [0.5, 0.6) is 0 Å². The first-order valence-corrected chi connectivity index (χ1v) is 7.97. The summed E-state index contributed by atoms with van der Waals surface area (Å²) in [5.41, 5.74) is 0. The number of likely N-dealkylation sites (tertiary alicyclic amines) is 1. The van der Waals surface area contributed by atoms with Crippen LogP contribution in [-0.2, 0) is 6.54 Å². The maximum Gasteiger partial charge on any atom is 0.0302 e. The van der Waals surface area contributed by atoms with Gasteiger partial charge in [-0.25, -0.2) is 0 Å². The lowest BCUT2D eigenvalue weighted by atomic mass is 9.92. The van der Waals surface area contributed by atoms with E-state index in [1.165, 1.54) is 35.3 Å². The molecule has 0 amide bonds. The molecular weight excluding hydrogens is 296 g/mol. The Morgan fingerprint density at radius 2 is 2.47 bits per heavy atom. The second kappa shape index (κ2) is 6.32. The van der Waals surface area contributed by atoms with Gasteiger partial charge in [-0.2, -0.15) is 0 Å². The van der Waals surface area contributed by atoms with E-state index < -0.39 is 0 Å². The van der Waals surface area contributed by atoms with Crippen molar-refractivity contribution in [3.05, 3.63) is 20.8 Å². The number of hydrogen-bond donors (Lipinski definition) is 1. The highest BCUT2D eigenvalue weighted by Gasteiger charge is 2.22. The zero-order valence-electron chi connectivity index (χ0n) is 10.6. The second-order valence-electron chi connectivity index (χ2n) is 5.07. The highest BCUT2D eigenvalue weighted by atomic mass is 79.9. The second-order valence-corrected chi connectivity index (χ2v) is 6.98. The summed E-state index contributed by atoms with van der Waals surface area (Å²) in [6.07, 6.45) is 2.71. The molecule has 0 aliphatic carbocycles. The van der Waals surface area contributed by atoms with E-state index >= 15 is 0 Å². The van der Waals surface area contributed by atoms with Gasteiger partial charge < -0.3 is 10.2 Å². The van der Waals surface area contributed by atoms with Gasteiger partial charge in [0.05, 0.1) is 0 Å². The molecule has 1 saturated heterocycles. The Balaban J connectivity index is 1.78. The molecule has 2 heterocycles. The average Bonchev–Trinajstić information content (AvgIpc) is 2.72. The first-order valence-electron chi connectivity index (χ1n) is 6.30. The van der Waals surface area contributed by atoms with Gasteiger partial charge in [0.1, 0.15) is 0 Å². The van der Waals surface area contributed by atoms with Crippen molar-refractivity contribution in [1.82, 2.24) is 10.2 Å². The zero-order chi connectivity index (χ0) is 12.3. The highest BCUT2D eigenvalue weighted by Crippen LogP contribution is 2.21. The Labute approximate surface area is 117 Å². The van der Waals surface area contributed by atoms with Crippen molar-refractivity contribution in [3.63, 3.8) is 0 Å². The Bertz CT molecular complexity index is 353. The molecule has 0 bridgehead atoms. The van der Waals surface area contributed by atoms with Gasteiger partial charge in [0.2, 0.25) is 0 Å². The molecule has 1 fully saturated rings. The van der Waals surface area contributed by atoms with Gasteiger partial charge in [-0.3, -0.25) is 0 Å². The van der Waals surface area contributed by atoms with Crippen LogP contribution in [0.2, 0.25) is 0 Å². The smallest absolute Gasteiger partial charge is 0.0302 e. The third-order valence-electron chi connectivity index (χ3n) is 3.59. The van der Waals surface area contributed by atoms with Crippen LogP contribution < -0.4 is 5.32 Å². The molecule has 17 heavy (non-hydrogen) atoms. The Hall–Kier alpha value is 0.1000. The molecule has 0 saturated carbocycles.